The highest BCUT2D eigenvalue weighted by molar-refractivity contribution is 9.10. The van der Waals surface area contributed by atoms with Crippen molar-refractivity contribution >= 4 is 21.8 Å². The maximum atomic E-state index is 12.1. The first kappa shape index (κ1) is 17.2. The zero-order chi connectivity index (χ0) is 16.1. The molecule has 5 N–H and O–H groups in total. The van der Waals surface area contributed by atoms with Crippen molar-refractivity contribution in [3.8, 4) is 5.75 Å². The highest BCUT2D eigenvalue weighted by atomic mass is 79.9. The number of ether oxygens (including phenoxy) is 1. The smallest absolute Gasteiger partial charge is 0.240 e. The molecule has 2 rings (SSSR count). The summed E-state index contributed by atoms with van der Waals surface area (Å²) in [5, 5.41) is 0. The number of hydrogen-bond donors (Lipinski definition) is 4. The topological polar surface area (TPSA) is 88.4 Å². The third-order valence-corrected chi connectivity index (χ3v) is 4.36. The van der Waals surface area contributed by atoms with Crippen LogP contribution in [0.25, 0.3) is 0 Å². The third kappa shape index (κ3) is 3.78. The van der Waals surface area contributed by atoms with Crippen molar-refractivity contribution in [3.05, 3.63) is 28.2 Å². The number of halogens is 1. The monoisotopic (exact) mass is 370 g/mol. The highest BCUT2D eigenvalue weighted by Crippen LogP contribution is 2.36. The van der Waals surface area contributed by atoms with Gasteiger partial charge in [-0.2, -0.15) is 0 Å². The van der Waals surface area contributed by atoms with E-state index in [2.05, 4.69) is 39.1 Å². The number of amides is 1. The molecule has 3 unspecified atom stereocenters. The molecule has 1 amide bonds. The van der Waals surface area contributed by atoms with Crippen LogP contribution in [0.5, 0.6) is 5.75 Å². The lowest BCUT2D eigenvalue weighted by molar-refractivity contribution is -0.125. The van der Waals surface area contributed by atoms with Gasteiger partial charge in [0.15, 0.2) is 0 Å². The number of nitrogens with one attached hydrogen (secondary N) is 3. The normalized spacial score (nSPS) is 24.3. The van der Waals surface area contributed by atoms with E-state index < -0.39 is 0 Å². The second-order valence-corrected chi connectivity index (χ2v) is 6.39. The van der Waals surface area contributed by atoms with Gasteiger partial charge < -0.3 is 4.74 Å². The lowest BCUT2D eigenvalue weighted by Gasteiger charge is -2.22. The Balaban J connectivity index is 2.29. The molecule has 0 spiro atoms. The Morgan fingerprint density at radius 2 is 2.23 bits per heavy atom. The van der Waals surface area contributed by atoms with Gasteiger partial charge in [0.2, 0.25) is 5.91 Å². The molecule has 1 aliphatic heterocycles. The molecule has 1 heterocycles. The molecule has 0 aliphatic carbocycles. The summed E-state index contributed by atoms with van der Waals surface area (Å²) in [6.45, 7) is 4.73. The molecule has 1 aromatic rings. The van der Waals surface area contributed by atoms with Crippen molar-refractivity contribution in [2.75, 3.05) is 6.61 Å². The van der Waals surface area contributed by atoms with Gasteiger partial charge in [-0.3, -0.25) is 15.6 Å². The summed E-state index contributed by atoms with van der Waals surface area (Å²) in [6.07, 6.45) is 2.07. The van der Waals surface area contributed by atoms with E-state index in [9.17, 15) is 4.79 Å². The van der Waals surface area contributed by atoms with Crippen LogP contribution in [-0.2, 0) is 4.79 Å². The molecule has 0 aromatic heterocycles. The van der Waals surface area contributed by atoms with E-state index in [1.807, 2.05) is 25.1 Å². The van der Waals surface area contributed by atoms with E-state index in [0.29, 0.717) is 6.61 Å². The maximum absolute atomic E-state index is 12.1. The number of rotatable bonds is 6. The summed E-state index contributed by atoms with van der Waals surface area (Å²) in [7, 11) is 0. The van der Waals surface area contributed by atoms with E-state index in [1.54, 1.807) is 0 Å². The van der Waals surface area contributed by atoms with Gasteiger partial charge in [0.1, 0.15) is 5.75 Å². The van der Waals surface area contributed by atoms with Crippen LogP contribution in [-0.4, -0.2) is 18.6 Å². The molecule has 122 valence electrons. The second-order valence-electron chi connectivity index (χ2n) is 5.47. The fraction of sp³-hybridized carbons (Fsp3) is 0.533. The standard InChI is InChI=1S/C15H23BrN4O2/c1-3-4-7-22-12-6-5-10(16)8-11(12)14-13(15(21)18-17)9(2)19-20-14/h5-6,8-9,13-14,19-20H,3-4,7,17H2,1-2H3,(H,18,21). The fourth-order valence-corrected chi connectivity index (χ4v) is 3.03. The van der Waals surface area contributed by atoms with Crippen molar-refractivity contribution in [3.63, 3.8) is 0 Å². The molecule has 3 atom stereocenters. The van der Waals surface area contributed by atoms with Gasteiger partial charge in [0, 0.05) is 16.1 Å². The number of nitrogens with two attached hydrogens (primary N) is 1. The first-order chi connectivity index (χ1) is 10.6. The van der Waals surface area contributed by atoms with Crippen molar-refractivity contribution in [1.29, 1.82) is 0 Å². The molecule has 0 radical (unpaired) electrons. The molecular weight excluding hydrogens is 348 g/mol. The average molecular weight is 371 g/mol. The van der Waals surface area contributed by atoms with Crippen LogP contribution < -0.4 is 26.9 Å². The van der Waals surface area contributed by atoms with Crippen LogP contribution in [0.15, 0.2) is 22.7 Å². The number of carbonyl (C=O) groups is 1. The molecule has 0 saturated carbocycles. The van der Waals surface area contributed by atoms with Gasteiger partial charge in [0.05, 0.1) is 18.6 Å². The van der Waals surface area contributed by atoms with Crippen LogP contribution in [0, 0.1) is 5.92 Å². The number of hydrazine groups is 2. The van der Waals surface area contributed by atoms with E-state index in [4.69, 9.17) is 10.6 Å². The Morgan fingerprint density at radius 3 is 2.91 bits per heavy atom. The lowest BCUT2D eigenvalue weighted by atomic mass is 9.89. The van der Waals surface area contributed by atoms with E-state index in [-0.39, 0.29) is 23.9 Å². The average Bonchev–Trinajstić information content (AvgIpc) is 2.89. The summed E-state index contributed by atoms with van der Waals surface area (Å²) in [6, 6.07) is 5.62. The Morgan fingerprint density at radius 1 is 1.45 bits per heavy atom. The zero-order valence-corrected chi connectivity index (χ0v) is 14.4. The third-order valence-electron chi connectivity index (χ3n) is 3.87. The number of unbranched alkanes of at least 4 members (excludes halogenated alkanes) is 1. The van der Waals surface area contributed by atoms with Crippen molar-refractivity contribution < 1.29 is 9.53 Å². The minimum atomic E-state index is -0.312. The molecule has 1 saturated heterocycles. The Labute approximate surface area is 139 Å². The molecule has 0 bridgehead atoms. The van der Waals surface area contributed by atoms with Gasteiger partial charge in [-0.15, -0.1) is 0 Å². The predicted molar refractivity (Wildman–Crippen MR) is 88.8 cm³/mol. The Bertz CT molecular complexity index is 526. The molecule has 6 nitrogen and oxygen atoms in total. The first-order valence-corrected chi connectivity index (χ1v) is 8.31. The van der Waals surface area contributed by atoms with Gasteiger partial charge in [-0.1, -0.05) is 29.3 Å². The van der Waals surface area contributed by atoms with Crippen LogP contribution in [0.3, 0.4) is 0 Å². The first-order valence-electron chi connectivity index (χ1n) is 7.52. The molecule has 22 heavy (non-hydrogen) atoms. The maximum Gasteiger partial charge on any atom is 0.240 e. The van der Waals surface area contributed by atoms with Crippen LogP contribution in [0.4, 0.5) is 0 Å². The predicted octanol–water partition coefficient (Wildman–Crippen LogP) is 1.77. The molecular formula is C15H23BrN4O2. The summed E-state index contributed by atoms with van der Waals surface area (Å²) in [4.78, 5) is 12.1. The van der Waals surface area contributed by atoms with Crippen LogP contribution in [0.1, 0.15) is 38.3 Å². The molecule has 1 aliphatic rings. The van der Waals surface area contributed by atoms with Gasteiger partial charge in [-0.25, -0.2) is 11.3 Å². The number of carbonyl (C=O) groups excluding carboxylic acids is 1. The van der Waals surface area contributed by atoms with Crippen LogP contribution >= 0.6 is 15.9 Å². The highest BCUT2D eigenvalue weighted by Gasteiger charge is 2.40. The lowest BCUT2D eigenvalue weighted by Crippen LogP contribution is -2.41. The van der Waals surface area contributed by atoms with Gasteiger partial charge in [-0.05, 0) is 31.5 Å². The Hall–Kier alpha value is -1.15. The quantitative estimate of drug-likeness (QED) is 0.265. The minimum absolute atomic E-state index is 0.0315. The Kier molecular flexibility index (Phi) is 6.19. The van der Waals surface area contributed by atoms with Crippen LogP contribution in [0.2, 0.25) is 0 Å². The summed E-state index contributed by atoms with van der Waals surface area (Å²) in [5.74, 6) is 5.60. The summed E-state index contributed by atoms with van der Waals surface area (Å²) >= 11 is 3.49. The fourth-order valence-electron chi connectivity index (χ4n) is 2.66. The largest absolute Gasteiger partial charge is 0.493 e. The van der Waals surface area contributed by atoms with E-state index in [0.717, 1.165) is 28.6 Å². The van der Waals surface area contributed by atoms with E-state index >= 15 is 0 Å². The summed E-state index contributed by atoms with van der Waals surface area (Å²) < 4.78 is 6.83. The van der Waals surface area contributed by atoms with Crippen molar-refractivity contribution in [2.45, 2.75) is 38.8 Å². The second kappa shape index (κ2) is 7.92. The molecule has 1 aromatic carbocycles. The SMILES string of the molecule is CCCCOc1ccc(Br)cc1C1NNC(C)C1C(=O)NN. The number of hydrogen-bond acceptors (Lipinski definition) is 5. The van der Waals surface area contributed by atoms with Gasteiger partial charge >= 0.3 is 0 Å². The minimum Gasteiger partial charge on any atom is -0.493 e. The van der Waals surface area contributed by atoms with Gasteiger partial charge in [0.25, 0.3) is 0 Å². The molecule has 7 heteroatoms. The number of benzene rings is 1. The summed E-state index contributed by atoms with van der Waals surface area (Å²) in [5.41, 5.74) is 9.48. The van der Waals surface area contributed by atoms with Crippen molar-refractivity contribution in [2.24, 2.45) is 11.8 Å². The van der Waals surface area contributed by atoms with Crippen molar-refractivity contribution in [1.82, 2.24) is 16.3 Å². The van der Waals surface area contributed by atoms with E-state index in [1.165, 1.54) is 0 Å². The molecule has 1 fully saturated rings. The zero-order valence-electron chi connectivity index (χ0n) is 12.9.